The van der Waals surface area contributed by atoms with Gasteiger partial charge in [0, 0.05) is 48.3 Å². The summed E-state index contributed by atoms with van der Waals surface area (Å²) < 4.78 is 119. The van der Waals surface area contributed by atoms with Crippen LogP contribution >= 0.6 is 0 Å². The predicted octanol–water partition coefficient (Wildman–Crippen LogP) is 6.29. The lowest BCUT2D eigenvalue weighted by Crippen LogP contribution is -2.43. The van der Waals surface area contributed by atoms with E-state index in [0.717, 1.165) is 12.5 Å². The molecule has 2 N–H and O–H groups in total. The molecule has 8 nitrogen and oxygen atoms in total. The number of alkyl halides is 3. The molecule has 5 atom stereocenters. The Balaban J connectivity index is 1.32. The molecule has 4 aromatic rings. The summed E-state index contributed by atoms with van der Waals surface area (Å²) >= 11 is 0. The van der Waals surface area contributed by atoms with Crippen molar-refractivity contribution in [2.75, 3.05) is 43.6 Å². The highest BCUT2D eigenvalue weighted by Crippen LogP contribution is 2.48. The van der Waals surface area contributed by atoms with E-state index in [2.05, 4.69) is 15.0 Å². The number of nitrogens with zero attached hydrogens (tertiary/aromatic N) is 5. The first-order valence-electron chi connectivity index (χ1n) is 17.4. The Hall–Kier alpha value is -4.00. The number of pyridine rings is 1. The first-order chi connectivity index (χ1) is 23.7. The smallest absolute Gasteiger partial charge is 0.319 e. The SMILES string of the molecule is [2H]C([2H])(F)Oc1c(F)ccc2cc(N)cc(-c3ncc4c(N5CCCC[C@H]6[C@H](F)[C@H]65)nc(OC([2H])([2H])[C@@]56CCCN5C[C@H](F)C6)nc4c3F)c12. The molecule has 0 radical (unpaired) electrons. The molecule has 1 saturated carbocycles. The van der Waals surface area contributed by atoms with Gasteiger partial charge < -0.3 is 20.1 Å². The largest absolute Gasteiger partial charge is 0.461 e. The number of aromatic nitrogens is 3. The maximum absolute atomic E-state index is 17.0. The third-order valence-corrected chi connectivity index (χ3v) is 9.87. The molecule has 4 fully saturated rings. The van der Waals surface area contributed by atoms with Crippen LogP contribution in [0.25, 0.3) is 32.9 Å². The first kappa shape index (κ1) is 25.1. The van der Waals surface area contributed by atoms with Crippen LogP contribution in [0.1, 0.15) is 44.0 Å². The van der Waals surface area contributed by atoms with Crippen LogP contribution in [-0.4, -0.2) is 76.8 Å². The van der Waals surface area contributed by atoms with Crippen molar-refractivity contribution >= 4 is 33.2 Å². The standard InChI is InChI=1S/C33H33F5N6O2/c34-16-46-30-23(36)6-5-17-10-19(39)11-21(24(17)30)27-26(38)28-22(13-40-27)31(44-9-2-1-4-20-25(37)29(20)44)42-32(41-28)45-15-33-7-3-8-43(33)14-18(35)12-33/h5-6,10-11,13,18,20,25,29H,1-4,7-9,12,14-16,39H2/t18-,20+,25+,29+,33+/m1/s1/i15D2,16D2. The van der Waals surface area contributed by atoms with Crippen molar-refractivity contribution < 1.29 is 36.9 Å². The maximum atomic E-state index is 17.0. The van der Waals surface area contributed by atoms with Crippen LogP contribution in [0.5, 0.6) is 11.8 Å². The number of anilines is 2. The Bertz CT molecular complexity index is 2020. The summed E-state index contributed by atoms with van der Waals surface area (Å²) in [5, 5.41) is 0.0220. The summed E-state index contributed by atoms with van der Waals surface area (Å²) in [5.41, 5.74) is 3.92. The highest BCUT2D eigenvalue weighted by atomic mass is 19.2. The molecule has 4 aliphatic rings. The van der Waals surface area contributed by atoms with E-state index in [9.17, 15) is 8.78 Å². The van der Waals surface area contributed by atoms with Crippen molar-refractivity contribution in [3.63, 3.8) is 0 Å². The average molecular weight is 645 g/mol. The fourth-order valence-electron chi connectivity index (χ4n) is 7.74. The minimum absolute atomic E-state index is 0.0511. The van der Waals surface area contributed by atoms with Crippen molar-refractivity contribution in [3.8, 4) is 23.0 Å². The third kappa shape index (κ3) is 4.68. The van der Waals surface area contributed by atoms with Crippen molar-refractivity contribution in [1.29, 1.82) is 0 Å². The molecule has 0 amide bonds. The molecule has 5 heterocycles. The number of hydrogen-bond donors (Lipinski definition) is 1. The number of rotatable bonds is 7. The lowest BCUT2D eigenvalue weighted by Gasteiger charge is -2.31. The van der Waals surface area contributed by atoms with Gasteiger partial charge in [0.1, 0.15) is 38.7 Å². The van der Waals surface area contributed by atoms with Crippen LogP contribution in [0.3, 0.4) is 0 Å². The highest BCUT2D eigenvalue weighted by molar-refractivity contribution is 6.04. The van der Waals surface area contributed by atoms with E-state index < -0.39 is 66.4 Å². The number of nitrogen functional groups attached to an aromatic ring is 1. The minimum atomic E-state index is -3.80. The molecule has 13 heteroatoms. The lowest BCUT2D eigenvalue weighted by molar-refractivity contribution is 0.107. The second-order valence-electron chi connectivity index (χ2n) is 12.6. The molecule has 8 rings (SSSR count). The van der Waals surface area contributed by atoms with E-state index in [1.807, 2.05) is 0 Å². The van der Waals surface area contributed by atoms with Gasteiger partial charge in [-0.05, 0) is 55.8 Å². The Morgan fingerprint density at radius 1 is 1.09 bits per heavy atom. The van der Waals surface area contributed by atoms with Gasteiger partial charge in [-0.1, -0.05) is 12.5 Å². The summed E-state index contributed by atoms with van der Waals surface area (Å²) in [6.45, 7) is -5.40. The summed E-state index contributed by atoms with van der Waals surface area (Å²) in [6, 6.07) is 3.75. The van der Waals surface area contributed by atoms with Gasteiger partial charge in [0.15, 0.2) is 17.4 Å². The van der Waals surface area contributed by atoms with Gasteiger partial charge >= 0.3 is 6.01 Å². The number of halogens is 5. The lowest BCUT2D eigenvalue weighted by atomic mass is 9.95. The van der Waals surface area contributed by atoms with Gasteiger partial charge in [0.05, 0.1) is 19.7 Å². The summed E-state index contributed by atoms with van der Waals surface area (Å²) in [6.07, 6.45) is 1.80. The molecule has 46 heavy (non-hydrogen) atoms. The molecule has 3 saturated heterocycles. The summed E-state index contributed by atoms with van der Waals surface area (Å²) in [7, 11) is 0. The quantitative estimate of drug-likeness (QED) is 0.186. The van der Waals surface area contributed by atoms with E-state index in [1.54, 1.807) is 9.80 Å². The summed E-state index contributed by atoms with van der Waals surface area (Å²) in [4.78, 5) is 16.6. The second-order valence-corrected chi connectivity index (χ2v) is 12.6. The van der Waals surface area contributed by atoms with Crippen LogP contribution in [0.2, 0.25) is 0 Å². The van der Waals surface area contributed by atoms with Crippen molar-refractivity contribution in [2.45, 2.75) is 62.4 Å². The zero-order valence-electron chi connectivity index (χ0n) is 28.6. The van der Waals surface area contributed by atoms with Gasteiger partial charge in [0.25, 0.3) is 0 Å². The Labute approximate surface area is 267 Å². The molecule has 1 aliphatic carbocycles. The number of benzene rings is 2. The van der Waals surface area contributed by atoms with Gasteiger partial charge in [-0.15, -0.1) is 0 Å². The highest BCUT2D eigenvalue weighted by Gasteiger charge is 2.56. The second kappa shape index (κ2) is 11.1. The molecule has 2 aromatic heterocycles. The molecule has 242 valence electrons. The molecular weight excluding hydrogens is 607 g/mol. The molecule has 2 aromatic carbocycles. The normalized spacial score (nSPS) is 29.5. The Kier molecular flexibility index (Phi) is 6.05. The molecule has 0 spiro atoms. The van der Waals surface area contributed by atoms with Gasteiger partial charge in [-0.25, -0.2) is 22.0 Å². The molecular formula is C33H33F5N6O2. The number of nitrogens with two attached hydrogens (primary N) is 1. The monoisotopic (exact) mass is 644 g/mol. The van der Waals surface area contributed by atoms with E-state index in [0.29, 0.717) is 38.8 Å². The maximum Gasteiger partial charge on any atom is 0.319 e. The number of ether oxygens (including phenoxy) is 2. The topological polar surface area (TPSA) is 89.6 Å². The average Bonchev–Trinajstić information content (AvgIpc) is 3.39. The zero-order valence-corrected chi connectivity index (χ0v) is 24.6. The van der Waals surface area contributed by atoms with Crippen molar-refractivity contribution in [1.82, 2.24) is 19.9 Å². The van der Waals surface area contributed by atoms with Crippen LogP contribution in [0, 0.1) is 17.6 Å². The molecule has 3 aliphatic heterocycles. The van der Waals surface area contributed by atoms with Gasteiger partial charge in [-0.2, -0.15) is 9.97 Å². The van der Waals surface area contributed by atoms with E-state index in [-0.39, 0.29) is 57.6 Å². The van der Waals surface area contributed by atoms with Crippen LogP contribution in [0.4, 0.5) is 33.5 Å². The van der Waals surface area contributed by atoms with Gasteiger partial charge in [0.2, 0.25) is 6.81 Å². The predicted molar refractivity (Wildman–Crippen MR) is 163 cm³/mol. The van der Waals surface area contributed by atoms with Crippen LogP contribution in [-0.2, 0) is 0 Å². The number of hydrogen-bond acceptors (Lipinski definition) is 8. The fraction of sp³-hybridized carbons (Fsp3) is 0.485. The van der Waals surface area contributed by atoms with Gasteiger partial charge in [-0.3, -0.25) is 9.88 Å². The minimum Gasteiger partial charge on any atom is -0.461 e. The first-order valence-corrected chi connectivity index (χ1v) is 15.4. The Morgan fingerprint density at radius 3 is 2.80 bits per heavy atom. The fourth-order valence-corrected chi connectivity index (χ4v) is 7.74. The number of fused-ring (bicyclic) bond motifs is 4. The zero-order chi connectivity index (χ0) is 35.3. The third-order valence-electron chi connectivity index (χ3n) is 9.87. The molecule has 0 bridgehead atoms. The van der Waals surface area contributed by atoms with Crippen LogP contribution < -0.4 is 20.1 Å². The summed E-state index contributed by atoms with van der Waals surface area (Å²) in [5.74, 6) is -3.23. The van der Waals surface area contributed by atoms with Crippen molar-refractivity contribution in [2.24, 2.45) is 5.92 Å². The van der Waals surface area contributed by atoms with E-state index >= 15 is 13.2 Å². The van der Waals surface area contributed by atoms with Crippen LogP contribution in [0.15, 0.2) is 30.5 Å². The van der Waals surface area contributed by atoms with E-state index in [4.69, 9.17) is 20.7 Å². The van der Waals surface area contributed by atoms with E-state index in [1.165, 1.54) is 24.4 Å². The Morgan fingerprint density at radius 2 is 1.96 bits per heavy atom. The van der Waals surface area contributed by atoms with Crippen molar-refractivity contribution in [3.05, 3.63) is 42.1 Å². The molecule has 0 unspecified atom stereocenters.